The predicted octanol–water partition coefficient (Wildman–Crippen LogP) is 3.64. The lowest BCUT2D eigenvalue weighted by atomic mass is 10.0. The third-order valence-electron chi connectivity index (χ3n) is 5.22. The molecule has 0 aliphatic carbocycles. The van der Waals surface area contributed by atoms with Crippen LogP contribution in [0.2, 0.25) is 0 Å². The molecule has 0 fully saturated rings. The second-order valence-corrected chi connectivity index (χ2v) is 7.56. The molecule has 0 aliphatic rings. The Morgan fingerprint density at radius 3 is 2.32 bits per heavy atom. The highest BCUT2D eigenvalue weighted by atomic mass is 16.3. The van der Waals surface area contributed by atoms with Gasteiger partial charge in [-0.15, -0.1) is 0 Å². The number of hydrogen-bond donors (Lipinski definition) is 4. The summed E-state index contributed by atoms with van der Waals surface area (Å²) in [4.78, 5) is 36.8. The number of phenols is 1. The van der Waals surface area contributed by atoms with Crippen LogP contribution in [-0.4, -0.2) is 22.1 Å². The minimum atomic E-state index is -0.685. The topological polar surface area (TPSA) is 116 Å². The van der Waals surface area contributed by atoms with Crippen molar-refractivity contribution in [1.29, 1.82) is 0 Å². The van der Waals surface area contributed by atoms with Gasteiger partial charge >= 0.3 is 0 Å². The van der Waals surface area contributed by atoms with Crippen molar-refractivity contribution in [3.05, 3.63) is 80.1 Å². The number of aliphatic hydroxyl groups excluding tert-OH is 1. The Balaban J connectivity index is 1.84. The zero-order valence-corrected chi connectivity index (χ0v) is 17.5. The van der Waals surface area contributed by atoms with Gasteiger partial charge in [0.1, 0.15) is 17.1 Å². The molecule has 0 bridgehead atoms. The van der Waals surface area contributed by atoms with Gasteiger partial charge in [0.05, 0.1) is 23.4 Å². The van der Waals surface area contributed by atoms with Gasteiger partial charge < -0.3 is 20.8 Å². The number of Topliss-reactive ketones (excluding diaryl/α,β-unsaturated/α-hetero) is 1. The normalized spacial score (nSPS) is 13.0. The third kappa shape index (κ3) is 4.83. The number of anilines is 3. The molecule has 0 radical (unpaired) electrons. The second kappa shape index (κ2) is 9.57. The highest BCUT2D eigenvalue weighted by molar-refractivity contribution is 6.00. The SMILES string of the molecule is CC[C@@H](Nc1c(Nc2cccc(C(=O)CCC(C)O)c2O)c(=O)c1=O)c1ccccc1. The lowest BCUT2D eigenvalue weighted by molar-refractivity contribution is 0.0947. The van der Waals surface area contributed by atoms with Crippen LogP contribution in [0.5, 0.6) is 5.75 Å². The molecule has 0 spiro atoms. The van der Waals surface area contributed by atoms with E-state index in [1.165, 1.54) is 12.1 Å². The summed E-state index contributed by atoms with van der Waals surface area (Å²) in [6.07, 6.45) is 0.429. The van der Waals surface area contributed by atoms with Crippen molar-refractivity contribution in [1.82, 2.24) is 0 Å². The smallest absolute Gasteiger partial charge is 0.253 e. The number of hydrogen-bond acceptors (Lipinski definition) is 7. The van der Waals surface area contributed by atoms with Crippen LogP contribution in [0.3, 0.4) is 0 Å². The Morgan fingerprint density at radius 2 is 1.68 bits per heavy atom. The average Bonchev–Trinajstić information content (AvgIpc) is 2.78. The first-order valence-electron chi connectivity index (χ1n) is 10.3. The number of carbonyl (C=O) groups excluding carboxylic acids is 1. The first kappa shape index (κ1) is 22.2. The van der Waals surface area contributed by atoms with Crippen molar-refractivity contribution < 1.29 is 15.0 Å². The maximum atomic E-state index is 12.4. The molecule has 0 aliphatic heterocycles. The molecule has 3 aromatic carbocycles. The van der Waals surface area contributed by atoms with Crippen molar-refractivity contribution in [3.8, 4) is 5.75 Å². The van der Waals surface area contributed by atoms with E-state index in [4.69, 9.17) is 0 Å². The molecule has 4 N–H and O–H groups in total. The number of nitrogens with one attached hydrogen (secondary N) is 2. The van der Waals surface area contributed by atoms with Crippen LogP contribution < -0.4 is 21.5 Å². The van der Waals surface area contributed by atoms with E-state index in [1.807, 2.05) is 37.3 Å². The molecule has 0 saturated heterocycles. The molecule has 0 saturated carbocycles. The molecular weight excluding hydrogens is 396 g/mol. The Labute approximate surface area is 180 Å². The van der Waals surface area contributed by atoms with Crippen LogP contribution in [0.1, 0.15) is 55.1 Å². The van der Waals surface area contributed by atoms with Crippen LogP contribution in [-0.2, 0) is 0 Å². The molecule has 7 heteroatoms. The van der Waals surface area contributed by atoms with E-state index in [0.29, 0.717) is 6.42 Å². The molecule has 3 rings (SSSR count). The van der Waals surface area contributed by atoms with Gasteiger partial charge in [0.2, 0.25) is 0 Å². The summed E-state index contributed by atoms with van der Waals surface area (Å²) < 4.78 is 0. The van der Waals surface area contributed by atoms with Crippen LogP contribution in [0.15, 0.2) is 58.1 Å². The molecule has 162 valence electrons. The van der Waals surface area contributed by atoms with E-state index < -0.39 is 17.0 Å². The molecule has 0 heterocycles. The molecule has 31 heavy (non-hydrogen) atoms. The summed E-state index contributed by atoms with van der Waals surface area (Å²) in [5.41, 5.74) is 0.142. The minimum absolute atomic E-state index is 0.0586. The number of benzene rings is 2. The molecule has 3 aromatic rings. The Hall–Kier alpha value is -3.45. The summed E-state index contributed by atoms with van der Waals surface area (Å²) in [7, 11) is 0. The fourth-order valence-corrected chi connectivity index (χ4v) is 3.41. The van der Waals surface area contributed by atoms with Crippen molar-refractivity contribution in [2.24, 2.45) is 0 Å². The van der Waals surface area contributed by atoms with Crippen molar-refractivity contribution in [3.63, 3.8) is 0 Å². The van der Waals surface area contributed by atoms with Crippen molar-refractivity contribution in [2.45, 2.75) is 45.3 Å². The third-order valence-corrected chi connectivity index (χ3v) is 5.22. The minimum Gasteiger partial charge on any atom is -0.505 e. The van der Waals surface area contributed by atoms with E-state index in [-0.39, 0.29) is 53.0 Å². The maximum Gasteiger partial charge on any atom is 0.253 e. The van der Waals surface area contributed by atoms with Gasteiger partial charge in [0.25, 0.3) is 10.9 Å². The largest absolute Gasteiger partial charge is 0.505 e. The summed E-state index contributed by atoms with van der Waals surface area (Å²) in [6.45, 7) is 3.56. The monoisotopic (exact) mass is 422 g/mol. The van der Waals surface area contributed by atoms with E-state index in [1.54, 1.807) is 13.0 Å². The fourth-order valence-electron chi connectivity index (χ4n) is 3.41. The Morgan fingerprint density at radius 1 is 1.00 bits per heavy atom. The summed E-state index contributed by atoms with van der Waals surface area (Å²) >= 11 is 0. The summed E-state index contributed by atoms with van der Waals surface area (Å²) in [6, 6.07) is 14.0. The zero-order chi connectivity index (χ0) is 22.5. The number of aliphatic hydroxyl groups is 1. The summed E-state index contributed by atoms with van der Waals surface area (Å²) in [5.74, 6) is -0.618. The molecule has 0 aromatic heterocycles. The van der Waals surface area contributed by atoms with Crippen molar-refractivity contribution >= 4 is 22.8 Å². The maximum absolute atomic E-state index is 12.4. The lowest BCUT2D eigenvalue weighted by Gasteiger charge is -2.22. The molecular formula is C24H26N2O5. The number of carbonyl (C=O) groups is 1. The van der Waals surface area contributed by atoms with Crippen LogP contribution in [0, 0.1) is 0 Å². The first-order valence-corrected chi connectivity index (χ1v) is 10.3. The standard InChI is InChI=1S/C24H26N2O5/c1-3-17(15-8-5-4-6-9-15)25-20-21(24(31)23(20)30)26-18-11-7-10-16(22(18)29)19(28)13-12-14(2)27/h4-11,14,17,25-27,29H,3,12-13H2,1-2H3/t14?,17-/m1/s1. The van der Waals surface area contributed by atoms with E-state index in [9.17, 15) is 24.6 Å². The quantitative estimate of drug-likeness (QED) is 0.224. The number of ketones is 1. The van der Waals surface area contributed by atoms with Crippen molar-refractivity contribution in [2.75, 3.05) is 10.6 Å². The molecule has 2 atom stereocenters. The second-order valence-electron chi connectivity index (χ2n) is 7.56. The van der Waals surface area contributed by atoms with Crippen LogP contribution >= 0.6 is 0 Å². The number of rotatable bonds is 10. The van der Waals surface area contributed by atoms with Crippen LogP contribution in [0.25, 0.3) is 0 Å². The van der Waals surface area contributed by atoms with E-state index in [2.05, 4.69) is 10.6 Å². The molecule has 0 amide bonds. The Bertz CT molecular complexity index is 1130. The highest BCUT2D eigenvalue weighted by Crippen LogP contribution is 2.33. The van der Waals surface area contributed by atoms with Gasteiger partial charge in [-0.3, -0.25) is 14.4 Å². The molecule has 7 nitrogen and oxygen atoms in total. The zero-order valence-electron chi connectivity index (χ0n) is 17.5. The Kier molecular flexibility index (Phi) is 6.87. The lowest BCUT2D eigenvalue weighted by Crippen LogP contribution is -2.37. The van der Waals surface area contributed by atoms with E-state index >= 15 is 0 Å². The number of para-hydroxylation sites is 1. The van der Waals surface area contributed by atoms with Gasteiger partial charge in [-0.1, -0.05) is 43.3 Å². The first-order chi connectivity index (χ1) is 14.8. The van der Waals surface area contributed by atoms with Gasteiger partial charge in [-0.2, -0.15) is 0 Å². The number of phenolic OH excluding ortho intramolecular Hbond substituents is 1. The van der Waals surface area contributed by atoms with Gasteiger partial charge in [0.15, 0.2) is 5.78 Å². The van der Waals surface area contributed by atoms with Gasteiger partial charge in [-0.25, -0.2) is 0 Å². The highest BCUT2D eigenvalue weighted by Gasteiger charge is 2.25. The van der Waals surface area contributed by atoms with Gasteiger partial charge in [-0.05, 0) is 37.5 Å². The van der Waals surface area contributed by atoms with Crippen LogP contribution in [0.4, 0.5) is 17.1 Å². The fraction of sp³-hybridized carbons (Fsp3) is 0.292. The van der Waals surface area contributed by atoms with E-state index in [0.717, 1.165) is 5.56 Å². The molecule has 1 unspecified atom stereocenters. The predicted molar refractivity (Wildman–Crippen MR) is 121 cm³/mol. The average molecular weight is 422 g/mol. The van der Waals surface area contributed by atoms with Gasteiger partial charge in [0, 0.05) is 6.42 Å². The summed E-state index contributed by atoms with van der Waals surface area (Å²) in [5, 5.41) is 25.9. The number of aromatic hydroxyl groups is 1.